The van der Waals surface area contributed by atoms with Crippen molar-refractivity contribution in [2.75, 3.05) is 13.2 Å². The Labute approximate surface area is 267 Å². The van der Waals surface area contributed by atoms with Crippen LogP contribution in [-0.2, 0) is 38.1 Å². The normalized spacial score (nSPS) is 11.7. The van der Waals surface area contributed by atoms with E-state index in [9.17, 15) is 19.2 Å². The Morgan fingerprint density at radius 2 is 0.826 bits per heavy atom. The van der Waals surface area contributed by atoms with Gasteiger partial charge in [-0.05, 0) is 33.4 Å². The van der Waals surface area contributed by atoms with E-state index in [1.165, 1.54) is 0 Å². The van der Waals surface area contributed by atoms with E-state index in [-0.39, 0.29) is 26.1 Å². The van der Waals surface area contributed by atoms with Crippen molar-refractivity contribution in [3.8, 4) is 22.3 Å². The Kier molecular flexibility index (Phi) is 12.2. The Morgan fingerprint density at radius 1 is 0.500 bits per heavy atom. The van der Waals surface area contributed by atoms with E-state index in [0.29, 0.717) is 11.1 Å². The molecule has 0 saturated heterocycles. The first-order chi connectivity index (χ1) is 22.4. The van der Waals surface area contributed by atoms with Crippen molar-refractivity contribution < 1.29 is 38.1 Å². The average molecular weight is 619 g/mol. The Bertz CT molecular complexity index is 1500. The van der Waals surface area contributed by atoms with E-state index in [4.69, 9.17) is 18.9 Å². The highest BCUT2D eigenvalue weighted by Gasteiger charge is 2.21. The summed E-state index contributed by atoms with van der Waals surface area (Å²) in [6.45, 7) is 6.34. The van der Waals surface area contributed by atoms with Crippen molar-refractivity contribution in [3.63, 3.8) is 0 Å². The topological polar surface area (TPSA) is 105 Å². The predicted molar refractivity (Wildman–Crippen MR) is 173 cm³/mol. The summed E-state index contributed by atoms with van der Waals surface area (Å²) in [5.41, 5.74) is 5.24. The molecule has 0 heterocycles. The molecule has 0 aliphatic rings. The first kappa shape index (κ1) is 33.1. The zero-order valence-electron chi connectivity index (χ0n) is 25.2. The minimum atomic E-state index is -0.875. The fourth-order valence-electron chi connectivity index (χ4n) is 4.50. The Hall–Kier alpha value is -5.76. The van der Waals surface area contributed by atoms with Crippen molar-refractivity contribution in [1.82, 2.24) is 0 Å². The molecule has 0 spiro atoms. The number of ether oxygens (including phenoxy) is 4. The van der Waals surface area contributed by atoms with Gasteiger partial charge >= 0.3 is 23.9 Å². The van der Waals surface area contributed by atoms with Gasteiger partial charge in [-0.1, -0.05) is 122 Å². The van der Waals surface area contributed by atoms with Gasteiger partial charge in [-0.15, -0.1) is 0 Å². The van der Waals surface area contributed by atoms with Gasteiger partial charge in [0.1, 0.15) is 13.2 Å². The van der Waals surface area contributed by atoms with Gasteiger partial charge in [0.2, 0.25) is 0 Å². The molecule has 8 heteroatoms. The summed E-state index contributed by atoms with van der Waals surface area (Å²) in [5, 5.41) is 0. The van der Waals surface area contributed by atoms with Crippen LogP contribution < -0.4 is 0 Å². The quantitative estimate of drug-likeness (QED) is 0.0787. The molecule has 0 aliphatic carbocycles. The first-order valence-electron chi connectivity index (χ1n) is 14.6. The summed E-state index contributed by atoms with van der Waals surface area (Å²) in [6, 6.07) is 34.2. The lowest BCUT2D eigenvalue weighted by atomic mass is 10.0. The molecule has 46 heavy (non-hydrogen) atoms. The van der Waals surface area contributed by atoms with Gasteiger partial charge in [0.25, 0.3) is 0 Å². The molecule has 0 radical (unpaired) electrons. The van der Waals surface area contributed by atoms with Gasteiger partial charge in [0.05, 0.1) is 12.8 Å². The maximum absolute atomic E-state index is 12.5. The van der Waals surface area contributed by atoms with Gasteiger partial charge in [-0.2, -0.15) is 0 Å². The second-order valence-electron chi connectivity index (χ2n) is 10.1. The van der Waals surface area contributed by atoms with Crippen LogP contribution >= 0.6 is 0 Å². The molecule has 0 aromatic heterocycles. The van der Waals surface area contributed by atoms with Crippen LogP contribution in [0, 0.1) is 0 Å². The molecular formula is C38H34O8. The first-order valence-corrected chi connectivity index (χ1v) is 14.6. The number of rotatable bonds is 15. The van der Waals surface area contributed by atoms with Crippen LogP contribution in [0.15, 0.2) is 135 Å². The molecule has 4 aromatic carbocycles. The van der Waals surface area contributed by atoms with Crippen LogP contribution in [0.5, 0.6) is 0 Å². The smallest absolute Gasteiger partial charge is 0.330 e. The Balaban J connectivity index is 1.29. The second-order valence-corrected chi connectivity index (χ2v) is 10.1. The lowest BCUT2D eigenvalue weighted by Crippen LogP contribution is -2.20. The van der Waals surface area contributed by atoms with Gasteiger partial charge in [0.15, 0.2) is 12.2 Å². The molecule has 234 valence electrons. The van der Waals surface area contributed by atoms with Crippen molar-refractivity contribution in [2.24, 2.45) is 0 Å². The molecule has 0 saturated carbocycles. The van der Waals surface area contributed by atoms with Crippen LogP contribution in [0.4, 0.5) is 0 Å². The third-order valence-corrected chi connectivity index (χ3v) is 6.95. The lowest BCUT2D eigenvalue weighted by Gasteiger charge is -2.19. The van der Waals surface area contributed by atoms with Gasteiger partial charge in [0, 0.05) is 12.2 Å². The van der Waals surface area contributed by atoms with Crippen molar-refractivity contribution in [1.29, 1.82) is 0 Å². The van der Waals surface area contributed by atoms with Crippen LogP contribution in [0.25, 0.3) is 22.3 Å². The molecule has 2 atom stereocenters. The summed E-state index contributed by atoms with van der Waals surface area (Å²) >= 11 is 0. The van der Waals surface area contributed by atoms with E-state index in [1.54, 1.807) is 24.3 Å². The summed E-state index contributed by atoms with van der Waals surface area (Å²) < 4.78 is 21.5. The standard InChI is InChI=1S/C38H34O8/c1-3-35(39)45-33(31-19-15-29(16-20-31)27-11-7-5-8-12-27)25-43-37(41)23-24-38(42)44-26-34(46-36(40)4-2)32-21-17-30(18-22-32)28-13-9-6-10-14-28/h3-22,33-34H,1-2,23-26H2. The highest BCUT2D eigenvalue weighted by molar-refractivity contribution is 5.82. The molecule has 0 bridgehead atoms. The predicted octanol–water partition coefficient (Wildman–Crippen LogP) is 7.13. The van der Waals surface area contributed by atoms with Crippen LogP contribution in [-0.4, -0.2) is 37.1 Å². The summed E-state index contributed by atoms with van der Waals surface area (Å²) in [5.74, 6) is -2.69. The fraction of sp³-hybridized carbons (Fsp3) is 0.158. The minimum Gasteiger partial charge on any atom is -0.461 e. The monoisotopic (exact) mass is 618 g/mol. The van der Waals surface area contributed by atoms with E-state index < -0.39 is 36.1 Å². The van der Waals surface area contributed by atoms with Crippen LogP contribution in [0.1, 0.15) is 36.2 Å². The summed E-state index contributed by atoms with van der Waals surface area (Å²) in [7, 11) is 0. The fourth-order valence-corrected chi connectivity index (χ4v) is 4.50. The Morgan fingerprint density at radius 3 is 1.15 bits per heavy atom. The third kappa shape index (κ3) is 9.89. The molecule has 0 N–H and O–H groups in total. The minimum absolute atomic E-state index is 0.253. The van der Waals surface area contributed by atoms with Gasteiger partial charge in [-0.3, -0.25) is 9.59 Å². The number of hydrogen-bond donors (Lipinski definition) is 0. The van der Waals surface area contributed by atoms with Crippen molar-refractivity contribution in [3.05, 3.63) is 146 Å². The number of benzene rings is 4. The molecule has 0 amide bonds. The highest BCUT2D eigenvalue weighted by atomic mass is 16.6. The van der Waals surface area contributed by atoms with Crippen molar-refractivity contribution >= 4 is 23.9 Å². The number of hydrogen-bond acceptors (Lipinski definition) is 8. The molecule has 2 unspecified atom stereocenters. The third-order valence-electron chi connectivity index (χ3n) is 6.95. The number of carbonyl (C=O) groups excluding carboxylic acids is 4. The van der Waals surface area contributed by atoms with Gasteiger partial charge in [-0.25, -0.2) is 9.59 Å². The molecule has 4 aromatic rings. The molecule has 0 fully saturated rings. The van der Waals surface area contributed by atoms with Gasteiger partial charge < -0.3 is 18.9 Å². The second kappa shape index (κ2) is 16.9. The number of esters is 4. The van der Waals surface area contributed by atoms with E-state index >= 15 is 0 Å². The zero-order valence-corrected chi connectivity index (χ0v) is 25.2. The molecular weight excluding hydrogens is 584 g/mol. The SMILES string of the molecule is C=CC(=O)OC(COC(=O)CCC(=O)OCC(OC(=O)C=C)c1ccc(-c2ccccc2)cc1)c1ccc(-c2ccccc2)cc1. The molecule has 8 nitrogen and oxygen atoms in total. The molecule has 0 aliphatic heterocycles. The zero-order chi connectivity index (χ0) is 32.7. The van der Waals surface area contributed by atoms with Crippen molar-refractivity contribution in [2.45, 2.75) is 25.0 Å². The maximum atomic E-state index is 12.5. The van der Waals surface area contributed by atoms with E-state index in [0.717, 1.165) is 34.4 Å². The maximum Gasteiger partial charge on any atom is 0.330 e. The average Bonchev–Trinajstić information content (AvgIpc) is 3.11. The van der Waals surface area contributed by atoms with E-state index in [1.807, 2.05) is 84.9 Å². The highest BCUT2D eigenvalue weighted by Crippen LogP contribution is 2.26. The summed E-state index contributed by atoms with van der Waals surface area (Å²) in [6.07, 6.45) is -0.228. The van der Waals surface area contributed by atoms with Crippen LogP contribution in [0.3, 0.4) is 0 Å². The summed E-state index contributed by atoms with van der Waals surface area (Å²) in [4.78, 5) is 48.9. The number of carbonyl (C=O) groups is 4. The largest absolute Gasteiger partial charge is 0.461 e. The lowest BCUT2D eigenvalue weighted by molar-refractivity contribution is -0.159. The molecule has 4 rings (SSSR count). The van der Waals surface area contributed by atoms with E-state index in [2.05, 4.69) is 13.2 Å². The van der Waals surface area contributed by atoms with Crippen LogP contribution in [0.2, 0.25) is 0 Å².